The molecule has 6 heteroatoms. The average Bonchev–Trinajstić information content (AvgIpc) is 3.10. The van der Waals surface area contributed by atoms with Gasteiger partial charge in [-0.15, -0.1) is 0 Å². The first-order valence-corrected chi connectivity index (χ1v) is 5.54. The highest BCUT2D eigenvalue weighted by molar-refractivity contribution is 6.34. The van der Waals surface area contributed by atoms with E-state index >= 15 is 0 Å². The number of aromatic nitrogens is 1. The molecule has 0 spiro atoms. The van der Waals surface area contributed by atoms with Crippen LogP contribution in [0.4, 0.5) is 5.82 Å². The number of hydrogen-bond donors (Lipinski definition) is 1. The van der Waals surface area contributed by atoms with Gasteiger partial charge in [0.15, 0.2) is 0 Å². The van der Waals surface area contributed by atoms with Crippen molar-refractivity contribution in [1.29, 1.82) is 5.26 Å². The number of rotatable bonds is 4. The Hall–Kier alpha value is -1.80. The zero-order valence-corrected chi connectivity index (χ0v) is 9.68. The molecule has 1 aromatic rings. The van der Waals surface area contributed by atoms with Crippen LogP contribution in [0.25, 0.3) is 0 Å². The molecule has 2 rings (SSSR count). The number of carboxylic acids is 1. The Morgan fingerprint density at radius 2 is 2.41 bits per heavy atom. The zero-order valence-electron chi connectivity index (χ0n) is 8.93. The third-order valence-electron chi connectivity index (χ3n) is 2.56. The lowest BCUT2D eigenvalue weighted by atomic mass is 10.2. The monoisotopic (exact) mass is 251 g/mol. The molecule has 0 aliphatic heterocycles. The van der Waals surface area contributed by atoms with Crippen LogP contribution < -0.4 is 4.90 Å². The zero-order chi connectivity index (χ0) is 12.4. The minimum atomic E-state index is -0.933. The van der Waals surface area contributed by atoms with Gasteiger partial charge in [0, 0.05) is 12.2 Å². The largest absolute Gasteiger partial charge is 0.480 e. The molecule has 0 atom stereocenters. The summed E-state index contributed by atoms with van der Waals surface area (Å²) in [6, 6.07) is 3.64. The first kappa shape index (κ1) is 11.7. The van der Waals surface area contributed by atoms with Crippen molar-refractivity contribution in [2.75, 3.05) is 11.4 Å². The van der Waals surface area contributed by atoms with Crippen LogP contribution in [-0.2, 0) is 4.79 Å². The van der Waals surface area contributed by atoms with E-state index in [1.165, 1.54) is 12.3 Å². The SMILES string of the molecule is N#Cc1ccnc(N(CC(=O)O)C2CC2)c1Cl. The maximum atomic E-state index is 10.8. The summed E-state index contributed by atoms with van der Waals surface area (Å²) in [6.07, 6.45) is 3.33. The van der Waals surface area contributed by atoms with E-state index in [1.54, 1.807) is 4.90 Å². The molecule has 1 saturated carbocycles. The third-order valence-corrected chi connectivity index (χ3v) is 2.93. The Bertz CT molecular complexity index is 494. The summed E-state index contributed by atoms with van der Waals surface area (Å²) in [4.78, 5) is 16.5. The molecule has 0 amide bonds. The van der Waals surface area contributed by atoms with Crippen molar-refractivity contribution >= 4 is 23.4 Å². The summed E-state index contributed by atoms with van der Waals surface area (Å²) in [7, 11) is 0. The predicted octanol–water partition coefficient (Wildman–Crippen LogP) is 1.66. The Balaban J connectivity index is 2.36. The van der Waals surface area contributed by atoms with E-state index in [9.17, 15) is 4.79 Å². The molecule has 5 nitrogen and oxygen atoms in total. The van der Waals surface area contributed by atoms with Gasteiger partial charge in [0.05, 0.1) is 5.56 Å². The topological polar surface area (TPSA) is 77.2 Å². The second-order valence-electron chi connectivity index (χ2n) is 3.86. The quantitative estimate of drug-likeness (QED) is 0.881. The molecule has 17 heavy (non-hydrogen) atoms. The van der Waals surface area contributed by atoms with E-state index in [4.69, 9.17) is 22.0 Å². The van der Waals surface area contributed by atoms with Crippen molar-refractivity contribution in [2.24, 2.45) is 0 Å². The Labute approximate surface area is 103 Å². The van der Waals surface area contributed by atoms with Gasteiger partial charge in [-0.25, -0.2) is 4.98 Å². The highest BCUT2D eigenvalue weighted by Crippen LogP contribution is 2.35. The average molecular weight is 252 g/mol. The van der Waals surface area contributed by atoms with Crippen LogP contribution in [0.5, 0.6) is 0 Å². The Morgan fingerprint density at radius 1 is 1.71 bits per heavy atom. The van der Waals surface area contributed by atoms with Crippen molar-refractivity contribution in [3.8, 4) is 6.07 Å². The summed E-state index contributed by atoms with van der Waals surface area (Å²) in [5.41, 5.74) is 0.313. The van der Waals surface area contributed by atoms with E-state index in [-0.39, 0.29) is 17.6 Å². The van der Waals surface area contributed by atoms with Gasteiger partial charge in [-0.05, 0) is 18.9 Å². The second kappa shape index (κ2) is 4.60. The summed E-state index contributed by atoms with van der Waals surface area (Å²) in [5.74, 6) is -0.548. The van der Waals surface area contributed by atoms with Crippen LogP contribution >= 0.6 is 11.6 Å². The van der Waals surface area contributed by atoms with E-state index in [1.807, 2.05) is 6.07 Å². The lowest BCUT2D eigenvalue weighted by Crippen LogP contribution is -2.32. The fourth-order valence-corrected chi connectivity index (χ4v) is 1.89. The fourth-order valence-electron chi connectivity index (χ4n) is 1.63. The highest BCUT2D eigenvalue weighted by Gasteiger charge is 2.32. The highest BCUT2D eigenvalue weighted by atomic mass is 35.5. The van der Waals surface area contributed by atoms with Crippen LogP contribution in [0.2, 0.25) is 5.02 Å². The van der Waals surface area contributed by atoms with E-state index in [0.29, 0.717) is 11.4 Å². The number of nitrogens with zero attached hydrogens (tertiary/aromatic N) is 3. The maximum Gasteiger partial charge on any atom is 0.323 e. The number of carbonyl (C=O) groups is 1. The first-order valence-electron chi connectivity index (χ1n) is 5.16. The summed E-state index contributed by atoms with van der Waals surface area (Å²) < 4.78 is 0. The van der Waals surface area contributed by atoms with Crippen LogP contribution in [0, 0.1) is 11.3 Å². The van der Waals surface area contributed by atoms with Gasteiger partial charge in [0.25, 0.3) is 0 Å². The summed E-state index contributed by atoms with van der Waals surface area (Å²) in [5, 5.41) is 18.0. The van der Waals surface area contributed by atoms with Gasteiger partial charge in [0.1, 0.15) is 23.5 Å². The molecule has 1 aliphatic carbocycles. The maximum absolute atomic E-state index is 10.8. The van der Waals surface area contributed by atoms with Crippen LogP contribution in [0.1, 0.15) is 18.4 Å². The number of hydrogen-bond acceptors (Lipinski definition) is 4. The van der Waals surface area contributed by atoms with Crippen molar-refractivity contribution in [3.63, 3.8) is 0 Å². The normalized spacial score (nSPS) is 14.1. The third kappa shape index (κ3) is 2.48. The number of carboxylic acid groups (broad SMARTS) is 1. The van der Waals surface area contributed by atoms with E-state index in [2.05, 4.69) is 4.98 Å². The van der Waals surface area contributed by atoms with Gasteiger partial charge in [0.2, 0.25) is 0 Å². The van der Waals surface area contributed by atoms with Crippen molar-refractivity contribution in [1.82, 2.24) is 4.98 Å². The van der Waals surface area contributed by atoms with Gasteiger partial charge >= 0.3 is 5.97 Å². The smallest absolute Gasteiger partial charge is 0.323 e. The molecule has 1 N–H and O–H groups in total. The lowest BCUT2D eigenvalue weighted by Gasteiger charge is -2.22. The van der Waals surface area contributed by atoms with E-state index < -0.39 is 5.97 Å². The van der Waals surface area contributed by atoms with Gasteiger partial charge in [-0.2, -0.15) is 5.26 Å². The van der Waals surface area contributed by atoms with Gasteiger partial charge in [-0.1, -0.05) is 11.6 Å². The molecule has 0 bridgehead atoms. The molecule has 1 fully saturated rings. The first-order chi connectivity index (χ1) is 8.13. The predicted molar refractivity (Wildman–Crippen MR) is 62.0 cm³/mol. The molecular formula is C11H10ClN3O2. The van der Waals surface area contributed by atoms with Crippen molar-refractivity contribution < 1.29 is 9.90 Å². The summed E-state index contributed by atoms with van der Waals surface area (Å²) >= 11 is 6.04. The summed E-state index contributed by atoms with van der Waals surface area (Å²) in [6.45, 7) is -0.147. The van der Waals surface area contributed by atoms with Crippen molar-refractivity contribution in [3.05, 3.63) is 22.8 Å². The molecule has 0 unspecified atom stereocenters. The minimum Gasteiger partial charge on any atom is -0.480 e. The number of nitriles is 1. The molecular weight excluding hydrogens is 242 g/mol. The molecule has 1 heterocycles. The van der Waals surface area contributed by atoms with Crippen LogP contribution in [-0.4, -0.2) is 28.6 Å². The van der Waals surface area contributed by atoms with E-state index in [0.717, 1.165) is 12.8 Å². The Kier molecular flexibility index (Phi) is 3.16. The molecule has 1 aliphatic rings. The molecule has 0 aromatic carbocycles. The van der Waals surface area contributed by atoms with Crippen molar-refractivity contribution in [2.45, 2.75) is 18.9 Å². The standard InChI is InChI=1S/C11H10ClN3O2/c12-10-7(5-13)3-4-14-11(10)15(6-9(16)17)8-1-2-8/h3-4,8H,1-2,6H2,(H,16,17). The molecule has 88 valence electrons. The minimum absolute atomic E-state index is 0.147. The van der Waals surface area contributed by atoms with Gasteiger partial charge < -0.3 is 10.0 Å². The number of anilines is 1. The van der Waals surface area contributed by atoms with Crippen LogP contribution in [0.3, 0.4) is 0 Å². The molecule has 0 saturated heterocycles. The number of halogens is 1. The fraction of sp³-hybridized carbons (Fsp3) is 0.364. The molecule has 1 aromatic heterocycles. The van der Waals surface area contributed by atoms with Gasteiger partial charge in [-0.3, -0.25) is 4.79 Å². The Morgan fingerprint density at radius 3 is 2.94 bits per heavy atom. The lowest BCUT2D eigenvalue weighted by molar-refractivity contribution is -0.135. The second-order valence-corrected chi connectivity index (χ2v) is 4.24. The number of aliphatic carboxylic acids is 1. The number of pyridine rings is 1. The van der Waals surface area contributed by atoms with Crippen LogP contribution in [0.15, 0.2) is 12.3 Å². The molecule has 0 radical (unpaired) electrons.